The fourth-order valence-electron chi connectivity index (χ4n) is 3.44. The van der Waals surface area contributed by atoms with Gasteiger partial charge < -0.3 is 24.4 Å². The molecule has 9 heteroatoms. The Labute approximate surface area is 219 Å². The van der Waals surface area contributed by atoms with Crippen LogP contribution in [0.25, 0.3) is 0 Å². The molecule has 0 fully saturated rings. The zero-order chi connectivity index (χ0) is 27.3. The molecule has 9 nitrogen and oxygen atoms in total. The van der Waals surface area contributed by atoms with Gasteiger partial charge in [0.25, 0.3) is 0 Å². The van der Waals surface area contributed by atoms with Crippen molar-refractivity contribution in [1.82, 2.24) is 0 Å². The van der Waals surface area contributed by atoms with Gasteiger partial charge in [0.2, 0.25) is 0 Å². The Morgan fingerprint density at radius 1 is 0.658 bits per heavy atom. The van der Waals surface area contributed by atoms with Gasteiger partial charge in [-0.1, -0.05) is 30.3 Å². The maximum absolute atomic E-state index is 13.0. The van der Waals surface area contributed by atoms with E-state index < -0.39 is 23.8 Å². The molecule has 0 aliphatic carbocycles. The zero-order valence-corrected chi connectivity index (χ0v) is 20.6. The van der Waals surface area contributed by atoms with E-state index in [4.69, 9.17) is 24.4 Å². The topological polar surface area (TPSA) is 136 Å². The number of Topliss-reactive ketones (excluding diaryl/α,β-unsaturated/α-hetero) is 1. The van der Waals surface area contributed by atoms with Crippen LogP contribution in [0, 0.1) is 5.92 Å². The van der Waals surface area contributed by atoms with Crippen LogP contribution in [-0.2, 0) is 20.9 Å². The van der Waals surface area contributed by atoms with Crippen LogP contribution in [0.15, 0.2) is 78.9 Å². The molecule has 0 amide bonds. The lowest BCUT2D eigenvalue weighted by molar-refractivity contribution is -0.145. The summed E-state index contributed by atoms with van der Waals surface area (Å²) in [6.45, 7) is 0.104. The molecule has 3 aromatic carbocycles. The van der Waals surface area contributed by atoms with Crippen molar-refractivity contribution in [3.05, 3.63) is 95.6 Å². The van der Waals surface area contributed by atoms with Crippen LogP contribution in [0.4, 0.5) is 0 Å². The first-order valence-electron chi connectivity index (χ1n) is 12.0. The monoisotopic (exact) mass is 520 g/mol. The van der Waals surface area contributed by atoms with Crippen LogP contribution in [0.3, 0.4) is 0 Å². The molecule has 3 rings (SSSR count). The Kier molecular flexibility index (Phi) is 10.4. The number of ether oxygens (including phenoxy) is 3. The molecule has 0 aromatic heterocycles. The SMILES string of the molecule is O=C(CCCC(=O)C(COc1ccc(C(=O)O)cc1)COc1ccc(C(=O)O)cc1)OCc1ccccc1. The van der Waals surface area contributed by atoms with Crippen LogP contribution < -0.4 is 9.47 Å². The Balaban J connectivity index is 1.54. The first-order valence-corrected chi connectivity index (χ1v) is 12.0. The van der Waals surface area contributed by atoms with E-state index in [1.807, 2.05) is 30.3 Å². The smallest absolute Gasteiger partial charge is 0.335 e. The summed E-state index contributed by atoms with van der Waals surface area (Å²) in [5, 5.41) is 18.1. The summed E-state index contributed by atoms with van der Waals surface area (Å²) in [5.74, 6) is -2.60. The van der Waals surface area contributed by atoms with Crippen LogP contribution in [0.2, 0.25) is 0 Å². The minimum atomic E-state index is -1.06. The number of esters is 1. The van der Waals surface area contributed by atoms with Gasteiger partial charge in [0.05, 0.1) is 17.0 Å². The largest absolute Gasteiger partial charge is 0.493 e. The van der Waals surface area contributed by atoms with Gasteiger partial charge in [-0.25, -0.2) is 9.59 Å². The van der Waals surface area contributed by atoms with E-state index in [0.29, 0.717) is 17.9 Å². The van der Waals surface area contributed by atoms with Crippen molar-refractivity contribution in [2.24, 2.45) is 5.92 Å². The fourth-order valence-corrected chi connectivity index (χ4v) is 3.44. The minimum Gasteiger partial charge on any atom is -0.493 e. The normalized spacial score (nSPS) is 10.6. The summed E-state index contributed by atoms with van der Waals surface area (Å²) in [7, 11) is 0. The highest BCUT2D eigenvalue weighted by Gasteiger charge is 2.21. The van der Waals surface area contributed by atoms with Gasteiger partial charge in [0.15, 0.2) is 0 Å². The van der Waals surface area contributed by atoms with Crippen molar-refractivity contribution in [1.29, 1.82) is 0 Å². The Bertz CT molecular complexity index is 1160. The van der Waals surface area contributed by atoms with Gasteiger partial charge in [-0.15, -0.1) is 0 Å². The van der Waals surface area contributed by atoms with E-state index in [2.05, 4.69) is 0 Å². The van der Waals surface area contributed by atoms with Crippen LogP contribution >= 0.6 is 0 Å². The van der Waals surface area contributed by atoms with Crippen LogP contribution in [-0.4, -0.2) is 47.1 Å². The van der Waals surface area contributed by atoms with Crippen molar-refractivity contribution >= 4 is 23.7 Å². The molecular formula is C29H28O9. The van der Waals surface area contributed by atoms with Crippen LogP contribution in [0.1, 0.15) is 45.5 Å². The molecule has 38 heavy (non-hydrogen) atoms. The lowest BCUT2D eigenvalue weighted by atomic mass is 10.0. The highest BCUT2D eigenvalue weighted by Crippen LogP contribution is 2.18. The highest BCUT2D eigenvalue weighted by molar-refractivity contribution is 5.88. The van der Waals surface area contributed by atoms with Crippen molar-refractivity contribution in [2.45, 2.75) is 25.9 Å². The summed E-state index contributed by atoms with van der Waals surface area (Å²) in [6, 6.07) is 20.9. The third-order valence-electron chi connectivity index (χ3n) is 5.61. The van der Waals surface area contributed by atoms with E-state index in [1.54, 1.807) is 0 Å². The van der Waals surface area contributed by atoms with Crippen molar-refractivity contribution in [3.63, 3.8) is 0 Å². The van der Waals surface area contributed by atoms with Crippen molar-refractivity contribution in [2.75, 3.05) is 13.2 Å². The maximum Gasteiger partial charge on any atom is 0.335 e. The van der Waals surface area contributed by atoms with Crippen molar-refractivity contribution < 1.29 is 43.6 Å². The predicted molar refractivity (Wildman–Crippen MR) is 136 cm³/mol. The van der Waals surface area contributed by atoms with Gasteiger partial charge in [-0.2, -0.15) is 0 Å². The third-order valence-corrected chi connectivity index (χ3v) is 5.61. The van der Waals surface area contributed by atoms with Gasteiger partial charge >= 0.3 is 17.9 Å². The number of carboxylic acids is 2. The van der Waals surface area contributed by atoms with Gasteiger partial charge in [-0.3, -0.25) is 9.59 Å². The van der Waals surface area contributed by atoms with Gasteiger partial charge in [0.1, 0.15) is 37.1 Å². The summed E-state index contributed by atoms with van der Waals surface area (Å²) in [4.78, 5) is 47.1. The van der Waals surface area contributed by atoms with Gasteiger partial charge in [-0.05, 0) is 60.5 Å². The Hall–Kier alpha value is -4.66. The van der Waals surface area contributed by atoms with Crippen molar-refractivity contribution in [3.8, 4) is 11.5 Å². The highest BCUT2D eigenvalue weighted by atomic mass is 16.5. The molecule has 0 saturated heterocycles. The fraction of sp³-hybridized carbons (Fsp3) is 0.241. The first-order chi connectivity index (χ1) is 18.3. The average Bonchev–Trinajstić information content (AvgIpc) is 2.93. The second kappa shape index (κ2) is 14.2. The van der Waals surface area contributed by atoms with E-state index in [-0.39, 0.29) is 49.6 Å². The number of carbonyl (C=O) groups excluding carboxylic acids is 2. The number of hydrogen-bond donors (Lipinski definition) is 2. The van der Waals surface area contributed by atoms with Crippen LogP contribution in [0.5, 0.6) is 11.5 Å². The molecule has 0 radical (unpaired) electrons. The molecule has 0 spiro atoms. The molecule has 0 unspecified atom stereocenters. The average molecular weight is 521 g/mol. The molecule has 0 heterocycles. The molecular weight excluding hydrogens is 492 g/mol. The summed E-state index contributed by atoms with van der Waals surface area (Å²) in [5.41, 5.74) is 1.09. The number of aromatic carboxylic acids is 2. The minimum absolute atomic E-state index is 0.0308. The van der Waals surface area contributed by atoms with E-state index in [9.17, 15) is 19.2 Å². The maximum atomic E-state index is 13.0. The Morgan fingerprint density at radius 3 is 1.63 bits per heavy atom. The molecule has 2 N–H and O–H groups in total. The number of benzene rings is 3. The first kappa shape index (κ1) is 27.9. The third kappa shape index (κ3) is 9.09. The van der Waals surface area contributed by atoms with E-state index in [1.165, 1.54) is 48.5 Å². The Morgan fingerprint density at radius 2 is 1.16 bits per heavy atom. The number of carboxylic acid groups (broad SMARTS) is 2. The molecule has 0 aliphatic rings. The van der Waals surface area contributed by atoms with E-state index >= 15 is 0 Å². The lowest BCUT2D eigenvalue weighted by Gasteiger charge is -2.18. The number of rotatable bonds is 15. The van der Waals surface area contributed by atoms with Gasteiger partial charge in [0, 0.05) is 12.8 Å². The molecule has 0 saturated carbocycles. The molecule has 0 aliphatic heterocycles. The summed E-state index contributed by atoms with van der Waals surface area (Å²) in [6.07, 6.45) is 0.484. The summed E-state index contributed by atoms with van der Waals surface area (Å²) < 4.78 is 16.7. The number of hydrogen-bond acceptors (Lipinski definition) is 7. The second-order valence-corrected chi connectivity index (χ2v) is 8.44. The molecule has 198 valence electrons. The zero-order valence-electron chi connectivity index (χ0n) is 20.6. The molecule has 0 atom stereocenters. The predicted octanol–water partition coefficient (Wildman–Crippen LogP) is 4.64. The lowest BCUT2D eigenvalue weighted by Crippen LogP contribution is -2.28. The quantitative estimate of drug-likeness (QED) is 0.275. The molecule has 3 aromatic rings. The number of ketones is 1. The number of carbonyl (C=O) groups is 4. The van der Waals surface area contributed by atoms with E-state index in [0.717, 1.165) is 5.56 Å². The molecule has 0 bridgehead atoms. The summed E-state index contributed by atoms with van der Waals surface area (Å²) >= 11 is 0. The standard InChI is InChI=1S/C29H28O9/c30-26(7-4-8-27(31)38-17-20-5-2-1-3-6-20)23(18-36-24-13-9-21(10-14-24)28(32)33)19-37-25-15-11-22(12-16-25)29(34)35/h1-3,5-6,9-16,23H,4,7-8,17-19H2,(H,32,33)(H,34,35). The second-order valence-electron chi connectivity index (χ2n) is 8.44.